The largest absolute Gasteiger partial charge is 0.445 e. The molecule has 1 amide bonds. The highest BCUT2D eigenvalue weighted by molar-refractivity contribution is 6.03. The third-order valence-electron chi connectivity index (χ3n) is 3.63. The maximum absolute atomic E-state index is 12.4. The summed E-state index contributed by atoms with van der Waals surface area (Å²) in [6.45, 7) is 2.70. The molecule has 0 aliphatic rings. The monoisotopic (exact) mass is 324 g/mol. The van der Waals surface area contributed by atoms with Crippen LogP contribution in [0.4, 0.5) is 5.69 Å². The van der Waals surface area contributed by atoms with Crippen LogP contribution in [0.25, 0.3) is 11.5 Å². The summed E-state index contributed by atoms with van der Waals surface area (Å²) >= 11 is 0. The van der Waals surface area contributed by atoms with Gasteiger partial charge in [0.05, 0.1) is 6.20 Å². The van der Waals surface area contributed by atoms with Gasteiger partial charge in [-0.3, -0.25) is 4.79 Å². The van der Waals surface area contributed by atoms with Crippen LogP contribution in [-0.4, -0.2) is 34.9 Å². The van der Waals surface area contributed by atoms with Crippen molar-refractivity contribution in [1.29, 1.82) is 0 Å². The molecule has 2 heterocycles. The van der Waals surface area contributed by atoms with Gasteiger partial charge in [0.15, 0.2) is 0 Å². The fourth-order valence-corrected chi connectivity index (χ4v) is 2.50. The van der Waals surface area contributed by atoms with Crippen molar-refractivity contribution in [3.8, 4) is 11.5 Å². The molecule has 0 radical (unpaired) electrons. The number of nitrogens with one attached hydrogen (secondary N) is 2. The maximum Gasteiger partial charge on any atom is 0.272 e. The molecule has 0 spiro atoms. The number of hydrogen-bond acceptors (Lipinski definition) is 4. The Balaban J connectivity index is 1.73. The fraction of sp³-hybridized carbons (Fsp3) is 0.222. The number of oxazole rings is 1. The number of aryl methyl sites for hydroxylation is 1. The van der Waals surface area contributed by atoms with E-state index in [1.54, 1.807) is 12.3 Å². The van der Waals surface area contributed by atoms with Gasteiger partial charge in [0.25, 0.3) is 5.91 Å². The zero-order valence-corrected chi connectivity index (χ0v) is 14.0. The van der Waals surface area contributed by atoms with Crippen LogP contribution in [-0.2, 0) is 6.54 Å². The van der Waals surface area contributed by atoms with Crippen molar-refractivity contribution in [3.63, 3.8) is 0 Å². The summed E-state index contributed by atoms with van der Waals surface area (Å²) in [5.74, 6) is 0.403. The molecule has 0 saturated heterocycles. The molecule has 6 nitrogen and oxygen atoms in total. The molecule has 6 heteroatoms. The Bertz CT molecular complexity index is 835. The number of carbonyl (C=O) groups excluding carboxylic acids is 1. The Labute approximate surface area is 140 Å². The quantitative estimate of drug-likeness (QED) is 0.755. The van der Waals surface area contributed by atoms with Crippen molar-refractivity contribution >= 4 is 11.6 Å². The highest BCUT2D eigenvalue weighted by Gasteiger charge is 2.12. The van der Waals surface area contributed by atoms with Crippen LogP contribution < -0.4 is 5.32 Å². The number of anilines is 1. The van der Waals surface area contributed by atoms with Gasteiger partial charge < -0.3 is 19.6 Å². The van der Waals surface area contributed by atoms with Crippen LogP contribution in [0.2, 0.25) is 0 Å². The summed E-state index contributed by atoms with van der Waals surface area (Å²) in [5.41, 5.74) is 4.13. The van der Waals surface area contributed by atoms with Crippen LogP contribution in [0.1, 0.15) is 21.7 Å². The molecule has 0 aliphatic carbocycles. The molecule has 0 aliphatic heterocycles. The zero-order valence-electron chi connectivity index (χ0n) is 14.0. The van der Waals surface area contributed by atoms with E-state index in [1.807, 2.05) is 50.2 Å². The summed E-state index contributed by atoms with van der Waals surface area (Å²) in [4.78, 5) is 21.7. The average molecular weight is 324 g/mol. The summed E-state index contributed by atoms with van der Waals surface area (Å²) in [7, 11) is 3.97. The summed E-state index contributed by atoms with van der Waals surface area (Å²) < 4.78 is 5.29. The van der Waals surface area contributed by atoms with E-state index >= 15 is 0 Å². The van der Waals surface area contributed by atoms with E-state index < -0.39 is 0 Å². The van der Waals surface area contributed by atoms with Gasteiger partial charge in [-0.1, -0.05) is 0 Å². The Hall–Kier alpha value is -2.86. The molecule has 3 rings (SSSR count). The molecule has 0 fully saturated rings. The van der Waals surface area contributed by atoms with E-state index in [0.717, 1.165) is 29.1 Å². The Morgan fingerprint density at radius 2 is 2.12 bits per heavy atom. The van der Waals surface area contributed by atoms with Crippen LogP contribution in [0.15, 0.2) is 47.2 Å². The first-order valence-corrected chi connectivity index (χ1v) is 7.67. The minimum absolute atomic E-state index is 0.160. The van der Waals surface area contributed by atoms with E-state index in [2.05, 4.69) is 15.3 Å². The van der Waals surface area contributed by atoms with Crippen LogP contribution in [0, 0.1) is 6.92 Å². The Morgan fingerprint density at radius 1 is 1.29 bits per heavy atom. The SMILES string of the molecule is Cc1cc(-c2ncco2)ccc1NC(=O)c1ccc(CN(C)C)[nH]1. The molecule has 3 aromatic rings. The lowest BCUT2D eigenvalue weighted by Gasteiger charge is -2.09. The van der Waals surface area contributed by atoms with Crippen molar-refractivity contribution in [3.05, 3.63) is 59.7 Å². The average Bonchev–Trinajstić information content (AvgIpc) is 3.20. The molecular weight excluding hydrogens is 304 g/mol. The standard InChI is InChI=1S/C18H20N4O2/c1-12-10-13(18-19-8-9-24-18)4-6-15(12)21-17(23)16-7-5-14(20-16)11-22(2)3/h4-10,20H,11H2,1-3H3,(H,21,23). The van der Waals surface area contributed by atoms with E-state index in [-0.39, 0.29) is 5.91 Å². The Kier molecular flexibility index (Phi) is 4.48. The van der Waals surface area contributed by atoms with Gasteiger partial charge in [-0.15, -0.1) is 0 Å². The molecule has 124 valence electrons. The highest BCUT2D eigenvalue weighted by Crippen LogP contribution is 2.24. The molecule has 24 heavy (non-hydrogen) atoms. The summed E-state index contributed by atoms with van der Waals surface area (Å²) in [5, 5.41) is 2.93. The number of nitrogens with zero attached hydrogens (tertiary/aromatic N) is 2. The van der Waals surface area contributed by atoms with Gasteiger partial charge in [0.2, 0.25) is 5.89 Å². The number of amides is 1. The van der Waals surface area contributed by atoms with Gasteiger partial charge in [-0.05, 0) is 56.9 Å². The molecule has 0 atom stereocenters. The van der Waals surface area contributed by atoms with E-state index in [0.29, 0.717) is 11.6 Å². The molecule has 0 saturated carbocycles. The third-order valence-corrected chi connectivity index (χ3v) is 3.63. The van der Waals surface area contributed by atoms with Crippen LogP contribution >= 0.6 is 0 Å². The van der Waals surface area contributed by atoms with E-state index in [9.17, 15) is 4.79 Å². The fourth-order valence-electron chi connectivity index (χ4n) is 2.50. The number of rotatable bonds is 5. The minimum Gasteiger partial charge on any atom is -0.445 e. The lowest BCUT2D eigenvalue weighted by Crippen LogP contribution is -2.14. The second-order valence-corrected chi connectivity index (χ2v) is 5.96. The minimum atomic E-state index is -0.160. The first-order valence-electron chi connectivity index (χ1n) is 7.67. The second kappa shape index (κ2) is 6.72. The van der Waals surface area contributed by atoms with Crippen molar-refractivity contribution in [2.45, 2.75) is 13.5 Å². The maximum atomic E-state index is 12.4. The molecule has 0 bridgehead atoms. The van der Waals surface area contributed by atoms with Gasteiger partial charge >= 0.3 is 0 Å². The predicted octanol–water partition coefficient (Wildman–Crippen LogP) is 3.29. The van der Waals surface area contributed by atoms with Crippen molar-refractivity contribution in [2.75, 3.05) is 19.4 Å². The number of aromatic amines is 1. The molecule has 2 N–H and O–H groups in total. The van der Waals surface area contributed by atoms with E-state index in [1.165, 1.54) is 6.26 Å². The first kappa shape index (κ1) is 16.0. The predicted molar refractivity (Wildman–Crippen MR) is 92.8 cm³/mol. The second-order valence-electron chi connectivity index (χ2n) is 5.96. The van der Waals surface area contributed by atoms with Crippen LogP contribution in [0.3, 0.4) is 0 Å². The summed E-state index contributed by atoms with van der Waals surface area (Å²) in [6.07, 6.45) is 3.15. The van der Waals surface area contributed by atoms with Crippen molar-refractivity contribution < 1.29 is 9.21 Å². The molecular formula is C18H20N4O2. The summed E-state index contributed by atoms with van der Waals surface area (Å²) in [6, 6.07) is 9.39. The normalized spacial score (nSPS) is 11.0. The lowest BCUT2D eigenvalue weighted by atomic mass is 10.1. The molecule has 1 aromatic carbocycles. The number of H-pyrrole nitrogens is 1. The molecule has 0 unspecified atom stereocenters. The topological polar surface area (TPSA) is 74.2 Å². The van der Waals surface area contributed by atoms with Gasteiger partial charge in [-0.25, -0.2) is 4.98 Å². The number of aromatic nitrogens is 2. The lowest BCUT2D eigenvalue weighted by molar-refractivity contribution is 0.102. The van der Waals surface area contributed by atoms with Crippen LogP contribution in [0.5, 0.6) is 0 Å². The highest BCUT2D eigenvalue weighted by atomic mass is 16.3. The van der Waals surface area contributed by atoms with Gasteiger partial charge in [0.1, 0.15) is 12.0 Å². The number of carbonyl (C=O) groups is 1. The number of hydrogen-bond donors (Lipinski definition) is 2. The van der Waals surface area contributed by atoms with Gasteiger partial charge in [0, 0.05) is 23.5 Å². The van der Waals surface area contributed by atoms with Crippen molar-refractivity contribution in [1.82, 2.24) is 14.9 Å². The third kappa shape index (κ3) is 3.55. The van der Waals surface area contributed by atoms with E-state index in [4.69, 9.17) is 4.42 Å². The molecule has 2 aromatic heterocycles. The first-order chi connectivity index (χ1) is 11.5. The smallest absolute Gasteiger partial charge is 0.272 e. The van der Waals surface area contributed by atoms with Crippen molar-refractivity contribution in [2.24, 2.45) is 0 Å². The zero-order chi connectivity index (χ0) is 17.1. The number of benzene rings is 1. The van der Waals surface area contributed by atoms with Gasteiger partial charge in [-0.2, -0.15) is 0 Å². The Morgan fingerprint density at radius 3 is 2.79 bits per heavy atom.